The van der Waals surface area contributed by atoms with Crippen LogP contribution >= 0.6 is 0 Å². The fraction of sp³-hybridized carbons (Fsp3) is 0.533. The molecule has 0 amide bonds. The Morgan fingerprint density at radius 3 is 2.65 bits per heavy atom. The van der Waals surface area contributed by atoms with Crippen molar-refractivity contribution in [3.63, 3.8) is 0 Å². The molecule has 5 heteroatoms. The van der Waals surface area contributed by atoms with Crippen molar-refractivity contribution >= 4 is 11.5 Å². The Hall–Kier alpha value is -1.91. The zero-order valence-electron chi connectivity index (χ0n) is 12.2. The summed E-state index contributed by atoms with van der Waals surface area (Å²) in [6.07, 6.45) is 1.94. The third-order valence-corrected chi connectivity index (χ3v) is 2.91. The predicted octanol–water partition coefficient (Wildman–Crippen LogP) is 4.00. The monoisotopic (exact) mass is 279 g/mol. The number of hydrogen-bond acceptors (Lipinski definition) is 4. The summed E-state index contributed by atoms with van der Waals surface area (Å²) in [6.45, 7) is 6.45. The van der Waals surface area contributed by atoms with Crippen LogP contribution in [0.1, 0.15) is 50.4 Å². The van der Waals surface area contributed by atoms with Gasteiger partial charge in [0.25, 0.3) is 0 Å². The molecule has 1 aromatic rings. The van der Waals surface area contributed by atoms with E-state index in [1.54, 1.807) is 6.07 Å². The van der Waals surface area contributed by atoms with Crippen LogP contribution in [-0.2, 0) is 0 Å². The number of carbonyl (C=O) groups is 1. The van der Waals surface area contributed by atoms with Crippen LogP contribution in [0.2, 0.25) is 0 Å². The third-order valence-electron chi connectivity index (χ3n) is 2.91. The first-order valence-corrected chi connectivity index (χ1v) is 6.90. The van der Waals surface area contributed by atoms with E-state index < -0.39 is 4.92 Å². The summed E-state index contributed by atoms with van der Waals surface area (Å²) in [7, 11) is 0. The second-order valence-corrected chi connectivity index (χ2v) is 5.14. The third kappa shape index (κ3) is 4.64. The van der Waals surface area contributed by atoms with Crippen molar-refractivity contribution in [3.05, 3.63) is 33.9 Å². The molecule has 0 bridgehead atoms. The minimum atomic E-state index is -0.507. The first-order valence-electron chi connectivity index (χ1n) is 6.90. The van der Waals surface area contributed by atoms with Crippen LogP contribution in [0.3, 0.4) is 0 Å². The number of hydrogen-bond donors (Lipinski definition) is 0. The van der Waals surface area contributed by atoms with E-state index in [0.29, 0.717) is 24.5 Å². The maximum Gasteiger partial charge on any atom is 0.311 e. The summed E-state index contributed by atoms with van der Waals surface area (Å²) in [5.41, 5.74) is 0.227. The fourth-order valence-corrected chi connectivity index (χ4v) is 1.73. The van der Waals surface area contributed by atoms with Gasteiger partial charge in [0.1, 0.15) is 0 Å². The number of carbonyl (C=O) groups excluding carboxylic acids is 1. The average Bonchev–Trinajstić information content (AvgIpc) is 2.38. The van der Waals surface area contributed by atoms with Gasteiger partial charge in [0.2, 0.25) is 0 Å². The highest BCUT2D eigenvalue weighted by molar-refractivity contribution is 5.96. The molecule has 0 unspecified atom stereocenters. The Balaban J connectivity index is 2.90. The van der Waals surface area contributed by atoms with Gasteiger partial charge in [-0.2, -0.15) is 0 Å². The van der Waals surface area contributed by atoms with Gasteiger partial charge in [-0.3, -0.25) is 14.9 Å². The molecule has 110 valence electrons. The molecule has 0 aliphatic heterocycles. The number of nitrogens with zero attached hydrogens (tertiary/aromatic N) is 1. The molecular formula is C15H21NO4. The van der Waals surface area contributed by atoms with Crippen molar-refractivity contribution in [3.8, 4) is 5.75 Å². The van der Waals surface area contributed by atoms with Crippen molar-refractivity contribution in [2.75, 3.05) is 6.61 Å². The lowest BCUT2D eigenvalue weighted by molar-refractivity contribution is -0.385. The second-order valence-electron chi connectivity index (χ2n) is 5.14. The Labute approximate surface area is 119 Å². The fourth-order valence-electron chi connectivity index (χ4n) is 1.73. The quantitative estimate of drug-likeness (QED) is 0.409. The van der Waals surface area contributed by atoms with Crippen LogP contribution in [0.25, 0.3) is 0 Å². The Kier molecular flexibility index (Phi) is 6.15. The Morgan fingerprint density at radius 2 is 2.10 bits per heavy atom. The van der Waals surface area contributed by atoms with Gasteiger partial charge in [-0.1, -0.05) is 20.8 Å². The zero-order valence-corrected chi connectivity index (χ0v) is 12.2. The lowest BCUT2D eigenvalue weighted by atomic mass is 10.1. The van der Waals surface area contributed by atoms with Crippen molar-refractivity contribution < 1.29 is 14.5 Å². The van der Waals surface area contributed by atoms with Crippen LogP contribution in [0.4, 0.5) is 5.69 Å². The molecule has 0 heterocycles. The van der Waals surface area contributed by atoms with Gasteiger partial charge in [-0.05, 0) is 30.9 Å². The molecule has 0 spiro atoms. The first-order chi connectivity index (χ1) is 9.45. The van der Waals surface area contributed by atoms with Crippen molar-refractivity contribution in [1.29, 1.82) is 0 Å². The van der Waals surface area contributed by atoms with Crippen LogP contribution < -0.4 is 4.74 Å². The first kappa shape index (κ1) is 16.1. The normalized spacial score (nSPS) is 10.6. The highest BCUT2D eigenvalue weighted by Crippen LogP contribution is 2.29. The van der Waals surface area contributed by atoms with Gasteiger partial charge in [-0.25, -0.2) is 0 Å². The number of Topliss-reactive ketones (excluding diaryl/α,β-unsaturated/α-hetero) is 1. The number of nitro benzene ring substituents is 1. The minimum Gasteiger partial charge on any atom is -0.487 e. The van der Waals surface area contributed by atoms with E-state index in [4.69, 9.17) is 4.74 Å². The largest absolute Gasteiger partial charge is 0.487 e. The maximum absolute atomic E-state index is 11.8. The van der Waals surface area contributed by atoms with E-state index in [2.05, 4.69) is 13.8 Å². The zero-order chi connectivity index (χ0) is 15.1. The highest BCUT2D eigenvalue weighted by atomic mass is 16.6. The standard InChI is InChI=1S/C15H21NO4/c1-4-5-14(17)12-6-7-15(13(10-12)16(18)19)20-9-8-11(2)3/h6-7,10-11H,4-5,8-9H2,1-3H3. The molecule has 0 saturated carbocycles. The molecule has 0 aromatic heterocycles. The number of benzene rings is 1. The van der Waals surface area contributed by atoms with Crippen LogP contribution in [0.15, 0.2) is 18.2 Å². The van der Waals surface area contributed by atoms with Crippen molar-refractivity contribution in [2.24, 2.45) is 5.92 Å². The van der Waals surface area contributed by atoms with Crippen LogP contribution in [-0.4, -0.2) is 17.3 Å². The molecule has 0 radical (unpaired) electrons. The molecular weight excluding hydrogens is 258 g/mol. The van der Waals surface area contributed by atoms with Crippen LogP contribution in [0, 0.1) is 16.0 Å². The number of rotatable bonds is 8. The van der Waals surface area contributed by atoms with E-state index in [1.807, 2.05) is 6.92 Å². The Bertz CT molecular complexity index is 483. The summed E-state index contributed by atoms with van der Waals surface area (Å²) >= 11 is 0. The van der Waals surface area contributed by atoms with Crippen molar-refractivity contribution in [1.82, 2.24) is 0 Å². The molecule has 0 atom stereocenters. The van der Waals surface area contributed by atoms with Gasteiger partial charge in [0.05, 0.1) is 11.5 Å². The minimum absolute atomic E-state index is 0.0793. The van der Waals surface area contributed by atoms with Gasteiger partial charge in [0, 0.05) is 18.1 Å². The summed E-state index contributed by atoms with van der Waals surface area (Å²) in [4.78, 5) is 22.3. The molecule has 0 N–H and O–H groups in total. The molecule has 0 fully saturated rings. The topological polar surface area (TPSA) is 69.4 Å². The van der Waals surface area contributed by atoms with E-state index in [1.165, 1.54) is 12.1 Å². The Morgan fingerprint density at radius 1 is 1.40 bits per heavy atom. The summed E-state index contributed by atoms with van der Waals surface area (Å²) in [5.74, 6) is 0.618. The van der Waals surface area contributed by atoms with Gasteiger partial charge < -0.3 is 4.74 Å². The maximum atomic E-state index is 11.8. The lowest BCUT2D eigenvalue weighted by Gasteiger charge is -2.09. The number of ketones is 1. The highest BCUT2D eigenvalue weighted by Gasteiger charge is 2.18. The van der Waals surface area contributed by atoms with Gasteiger partial charge >= 0.3 is 5.69 Å². The van der Waals surface area contributed by atoms with Crippen LogP contribution in [0.5, 0.6) is 5.75 Å². The molecule has 0 aliphatic rings. The van der Waals surface area contributed by atoms with E-state index in [-0.39, 0.29) is 17.2 Å². The average molecular weight is 279 g/mol. The lowest BCUT2D eigenvalue weighted by Crippen LogP contribution is -2.05. The number of nitro groups is 1. The molecule has 20 heavy (non-hydrogen) atoms. The molecule has 0 saturated heterocycles. The van der Waals surface area contributed by atoms with E-state index in [9.17, 15) is 14.9 Å². The summed E-state index contributed by atoms with van der Waals surface area (Å²) < 4.78 is 5.45. The second kappa shape index (κ2) is 7.62. The smallest absolute Gasteiger partial charge is 0.311 e. The predicted molar refractivity (Wildman–Crippen MR) is 77.3 cm³/mol. The molecule has 5 nitrogen and oxygen atoms in total. The van der Waals surface area contributed by atoms with E-state index >= 15 is 0 Å². The summed E-state index contributed by atoms with van der Waals surface area (Å²) in [6, 6.07) is 4.42. The number of ether oxygens (including phenoxy) is 1. The molecule has 0 aliphatic carbocycles. The SMILES string of the molecule is CCCC(=O)c1ccc(OCCC(C)C)c([N+](=O)[O-])c1. The van der Waals surface area contributed by atoms with Gasteiger partial charge in [-0.15, -0.1) is 0 Å². The van der Waals surface area contributed by atoms with Gasteiger partial charge in [0.15, 0.2) is 11.5 Å². The molecule has 1 rings (SSSR count). The van der Waals surface area contributed by atoms with E-state index in [0.717, 1.165) is 12.8 Å². The summed E-state index contributed by atoms with van der Waals surface area (Å²) in [5, 5.41) is 11.1. The molecule has 1 aromatic carbocycles. The van der Waals surface area contributed by atoms with Crippen molar-refractivity contribution in [2.45, 2.75) is 40.0 Å².